The van der Waals surface area contributed by atoms with Gasteiger partial charge in [-0.05, 0) is 49.5 Å². The van der Waals surface area contributed by atoms with Gasteiger partial charge in [0.25, 0.3) is 0 Å². The highest BCUT2D eigenvalue weighted by Gasteiger charge is 2.43. The summed E-state index contributed by atoms with van der Waals surface area (Å²) in [5.41, 5.74) is 8.21. The average molecular weight is 553 g/mol. The first-order valence-corrected chi connectivity index (χ1v) is 13.6. The minimum absolute atomic E-state index is 0.188. The minimum atomic E-state index is -1.39. The largest absolute Gasteiger partial charge is 0.390 e. The standard InChI is InChI=1S/C30H28N6O5/c31-29-25-30(34-11-33-29)36(12-35-25)20-9-18(37)19(41-20)10-32-24-23-16-7-6-14-3-1-2-13-4-5-15(22(16)21(13)14)8-17(23)26(38)28(40)27(24)39/h1-8,11-12,18-20,24,26-28,32,37-40H,9-10H2,(H2,31,33,34)/t18-,19+,20+,24+,26+,27+,28-/m0/s1. The first-order chi connectivity index (χ1) is 19.9. The van der Waals surface area contributed by atoms with E-state index in [1.165, 1.54) is 6.33 Å². The lowest BCUT2D eigenvalue weighted by Gasteiger charge is -2.39. The lowest BCUT2D eigenvalue weighted by molar-refractivity contribution is -0.0874. The number of fused-ring (bicyclic) bond motifs is 3. The van der Waals surface area contributed by atoms with E-state index in [4.69, 9.17) is 10.5 Å². The minimum Gasteiger partial charge on any atom is -0.390 e. The van der Waals surface area contributed by atoms with Crippen molar-refractivity contribution in [3.63, 3.8) is 0 Å². The molecule has 2 aliphatic rings. The summed E-state index contributed by atoms with van der Waals surface area (Å²) in [7, 11) is 0. The summed E-state index contributed by atoms with van der Waals surface area (Å²) in [4.78, 5) is 12.5. The molecule has 7 N–H and O–H groups in total. The second-order valence-corrected chi connectivity index (χ2v) is 11.1. The van der Waals surface area contributed by atoms with Crippen molar-refractivity contribution in [2.24, 2.45) is 0 Å². The van der Waals surface area contributed by atoms with Gasteiger partial charge in [-0.3, -0.25) is 4.57 Å². The summed E-state index contributed by atoms with van der Waals surface area (Å²) in [5, 5.41) is 53.6. The predicted octanol–water partition coefficient (Wildman–Crippen LogP) is 2.05. The van der Waals surface area contributed by atoms with Crippen LogP contribution in [0, 0.1) is 0 Å². The van der Waals surface area contributed by atoms with Gasteiger partial charge in [0, 0.05) is 13.0 Å². The Morgan fingerprint density at radius 1 is 0.927 bits per heavy atom. The van der Waals surface area contributed by atoms with Crippen molar-refractivity contribution in [2.45, 2.75) is 49.2 Å². The number of nitrogens with two attached hydrogens (primary N) is 1. The zero-order chi connectivity index (χ0) is 28.0. The van der Waals surface area contributed by atoms with Crippen LogP contribution in [0.2, 0.25) is 0 Å². The number of hydrogen-bond donors (Lipinski definition) is 6. The van der Waals surface area contributed by atoms with Crippen molar-refractivity contribution in [3.8, 4) is 0 Å². The Bertz CT molecular complexity index is 1930. The molecule has 11 nitrogen and oxygen atoms in total. The van der Waals surface area contributed by atoms with Gasteiger partial charge < -0.3 is 36.2 Å². The lowest BCUT2D eigenvalue weighted by atomic mass is 9.77. The SMILES string of the molecule is Nc1ncnc2c1ncn2[C@H]1C[C@H](O)[C@@H](CN[C@@H]2c3c(cc4ccc5cccc6ccc3c4c56)[C@@H](O)[C@H](O)[C@@H]2O)O1. The Morgan fingerprint density at radius 2 is 1.71 bits per heavy atom. The number of aliphatic hydroxyl groups is 4. The molecule has 4 aromatic carbocycles. The zero-order valence-electron chi connectivity index (χ0n) is 21.8. The second-order valence-electron chi connectivity index (χ2n) is 11.1. The van der Waals surface area contributed by atoms with Crippen molar-refractivity contribution >= 4 is 49.3 Å². The third-order valence-corrected chi connectivity index (χ3v) is 8.81. The van der Waals surface area contributed by atoms with Crippen molar-refractivity contribution in [1.29, 1.82) is 0 Å². The number of benzene rings is 4. The fourth-order valence-corrected chi connectivity index (χ4v) is 6.80. The molecule has 0 radical (unpaired) electrons. The molecule has 6 aromatic rings. The van der Waals surface area contributed by atoms with E-state index in [2.05, 4.69) is 38.5 Å². The molecule has 0 saturated carbocycles. The summed E-state index contributed by atoms with van der Waals surface area (Å²) < 4.78 is 7.95. The van der Waals surface area contributed by atoms with Crippen LogP contribution in [0.25, 0.3) is 43.5 Å². The van der Waals surface area contributed by atoms with Crippen LogP contribution in [0.15, 0.2) is 61.2 Å². The number of hydrogen-bond acceptors (Lipinski definition) is 10. The summed E-state index contributed by atoms with van der Waals surface area (Å²) >= 11 is 0. The molecular formula is C30H28N6O5. The van der Waals surface area contributed by atoms with Gasteiger partial charge in [0.1, 0.15) is 36.4 Å². The molecule has 0 unspecified atom stereocenters. The van der Waals surface area contributed by atoms with E-state index in [0.717, 1.165) is 37.9 Å². The Hall–Kier alpha value is -3.97. The van der Waals surface area contributed by atoms with E-state index in [-0.39, 0.29) is 12.4 Å². The molecule has 8 rings (SSSR count). The van der Waals surface area contributed by atoms with Crippen LogP contribution in [0.4, 0.5) is 5.82 Å². The molecule has 7 atom stereocenters. The van der Waals surface area contributed by atoms with Crippen molar-refractivity contribution < 1.29 is 25.2 Å². The van der Waals surface area contributed by atoms with Crippen molar-refractivity contribution in [1.82, 2.24) is 24.8 Å². The van der Waals surface area contributed by atoms with Crippen molar-refractivity contribution in [2.75, 3.05) is 12.3 Å². The molecular weight excluding hydrogens is 524 g/mol. The average Bonchev–Trinajstić information content (AvgIpc) is 3.58. The molecule has 3 heterocycles. The lowest BCUT2D eigenvalue weighted by Crippen LogP contribution is -2.49. The number of aliphatic hydroxyl groups excluding tert-OH is 4. The van der Waals surface area contributed by atoms with E-state index >= 15 is 0 Å². The van der Waals surface area contributed by atoms with Gasteiger partial charge in [-0.1, -0.05) is 42.5 Å². The predicted molar refractivity (Wildman–Crippen MR) is 152 cm³/mol. The number of aromatic nitrogens is 4. The molecule has 1 saturated heterocycles. The van der Waals surface area contributed by atoms with Gasteiger partial charge >= 0.3 is 0 Å². The molecule has 0 bridgehead atoms. The number of nitrogen functional groups attached to an aromatic ring is 1. The number of rotatable bonds is 4. The highest BCUT2D eigenvalue weighted by molar-refractivity contribution is 6.23. The van der Waals surface area contributed by atoms with Gasteiger partial charge in [-0.15, -0.1) is 0 Å². The van der Waals surface area contributed by atoms with Crippen LogP contribution in [0.3, 0.4) is 0 Å². The number of imidazole rings is 1. The fraction of sp³-hybridized carbons (Fsp3) is 0.300. The molecule has 208 valence electrons. The number of ether oxygens (including phenoxy) is 1. The molecule has 41 heavy (non-hydrogen) atoms. The summed E-state index contributed by atoms with van der Waals surface area (Å²) in [6, 6.07) is 15.5. The van der Waals surface area contributed by atoms with Crippen LogP contribution in [-0.4, -0.2) is 70.9 Å². The Balaban J connectivity index is 1.15. The van der Waals surface area contributed by atoms with E-state index < -0.39 is 42.8 Å². The van der Waals surface area contributed by atoms with Gasteiger partial charge in [0.2, 0.25) is 0 Å². The molecule has 1 fully saturated rings. The van der Waals surface area contributed by atoms with Gasteiger partial charge in [0.05, 0.1) is 24.6 Å². The maximum Gasteiger partial charge on any atom is 0.167 e. The maximum absolute atomic E-state index is 11.2. The van der Waals surface area contributed by atoms with Crippen LogP contribution in [0.1, 0.15) is 35.9 Å². The highest BCUT2D eigenvalue weighted by atomic mass is 16.5. The van der Waals surface area contributed by atoms with Gasteiger partial charge in [-0.25, -0.2) is 15.0 Å². The number of nitrogens with one attached hydrogen (secondary N) is 1. The van der Waals surface area contributed by atoms with Crippen LogP contribution in [0.5, 0.6) is 0 Å². The van der Waals surface area contributed by atoms with Gasteiger partial charge in [0.15, 0.2) is 11.5 Å². The Kier molecular flexibility index (Phi) is 5.45. The van der Waals surface area contributed by atoms with Crippen LogP contribution in [-0.2, 0) is 4.74 Å². The monoisotopic (exact) mass is 552 g/mol. The van der Waals surface area contributed by atoms with E-state index in [1.54, 1.807) is 10.9 Å². The Morgan fingerprint density at radius 3 is 2.54 bits per heavy atom. The van der Waals surface area contributed by atoms with E-state index in [0.29, 0.717) is 23.1 Å². The normalized spacial score (nSPS) is 28.3. The summed E-state index contributed by atoms with van der Waals surface area (Å²) in [6.45, 7) is 0.188. The second kappa shape index (κ2) is 9.02. The first kappa shape index (κ1) is 24.8. The van der Waals surface area contributed by atoms with Crippen LogP contribution >= 0.6 is 0 Å². The van der Waals surface area contributed by atoms with E-state index in [1.807, 2.05) is 30.3 Å². The summed E-state index contributed by atoms with van der Waals surface area (Å²) in [5.74, 6) is 0.265. The van der Waals surface area contributed by atoms with E-state index in [9.17, 15) is 20.4 Å². The molecule has 1 aliphatic heterocycles. The molecule has 0 amide bonds. The quantitative estimate of drug-likeness (QED) is 0.178. The molecule has 2 aromatic heterocycles. The molecule has 1 aliphatic carbocycles. The molecule has 0 spiro atoms. The highest BCUT2D eigenvalue weighted by Crippen LogP contribution is 2.45. The number of anilines is 1. The third-order valence-electron chi connectivity index (χ3n) is 8.81. The zero-order valence-corrected chi connectivity index (χ0v) is 21.8. The van der Waals surface area contributed by atoms with Gasteiger partial charge in [-0.2, -0.15) is 0 Å². The first-order valence-electron chi connectivity index (χ1n) is 13.6. The van der Waals surface area contributed by atoms with Crippen molar-refractivity contribution in [3.05, 3.63) is 72.3 Å². The third kappa shape index (κ3) is 3.58. The fourth-order valence-electron chi connectivity index (χ4n) is 6.80. The topological polar surface area (TPSA) is 172 Å². The maximum atomic E-state index is 11.2. The Labute approximate surface area is 233 Å². The smallest absolute Gasteiger partial charge is 0.167 e. The summed E-state index contributed by atoms with van der Waals surface area (Å²) in [6.07, 6.45) is -2.63. The number of nitrogens with zero attached hydrogens (tertiary/aromatic N) is 4. The molecule has 11 heteroatoms. The van der Waals surface area contributed by atoms with Crippen LogP contribution < -0.4 is 11.1 Å².